The molecule has 1 aromatic heterocycles. The van der Waals surface area contributed by atoms with Gasteiger partial charge in [0.05, 0.1) is 0 Å². The van der Waals surface area contributed by atoms with E-state index in [1.54, 1.807) is 37.2 Å². The lowest BCUT2D eigenvalue weighted by atomic mass is 9.96. The number of aromatic nitrogens is 2. The van der Waals surface area contributed by atoms with Crippen LogP contribution in [0.5, 0.6) is 0 Å². The second-order valence-electron chi connectivity index (χ2n) is 7.49. The van der Waals surface area contributed by atoms with Crippen molar-refractivity contribution in [3.05, 3.63) is 46.6 Å². The summed E-state index contributed by atoms with van der Waals surface area (Å²) in [5.74, 6) is -5.34. The van der Waals surface area contributed by atoms with E-state index < -0.39 is 41.1 Å². The lowest BCUT2D eigenvalue weighted by Crippen LogP contribution is -2.70. The van der Waals surface area contributed by atoms with E-state index in [4.69, 9.17) is 0 Å². The third kappa shape index (κ3) is 4.04. The van der Waals surface area contributed by atoms with E-state index >= 15 is 0 Å². The lowest BCUT2D eigenvalue weighted by molar-refractivity contribution is -0.152. The first kappa shape index (κ1) is 22.7. The molecule has 33 heavy (non-hydrogen) atoms. The van der Waals surface area contributed by atoms with E-state index in [-0.39, 0.29) is 17.0 Å². The Kier molecular flexibility index (Phi) is 6.08. The van der Waals surface area contributed by atoms with Gasteiger partial charge in [-0.25, -0.2) is 4.79 Å². The predicted octanol–water partition coefficient (Wildman–Crippen LogP) is 0.668. The summed E-state index contributed by atoms with van der Waals surface area (Å²) in [6.45, 7) is 0. The molecule has 3 N–H and O–H groups in total. The fraction of sp³-hybridized carbons (Fsp3) is 0.300. The van der Waals surface area contributed by atoms with Crippen LogP contribution in [0.2, 0.25) is 0 Å². The van der Waals surface area contributed by atoms with Gasteiger partial charge < -0.3 is 20.4 Å². The largest absolute Gasteiger partial charge is 0.480 e. The summed E-state index contributed by atoms with van der Waals surface area (Å²) < 4.78 is 0. The maximum Gasteiger partial charge on any atom is 0.353 e. The van der Waals surface area contributed by atoms with Crippen LogP contribution < -0.4 is 10.2 Å². The molecule has 2 aromatic rings. The van der Waals surface area contributed by atoms with Gasteiger partial charge in [0.25, 0.3) is 5.91 Å². The molecule has 2 aliphatic heterocycles. The number of aliphatic carboxylic acids is 2. The topological polar surface area (TPSA) is 153 Å². The number of carboxylic acids is 2. The number of hydrogen-bond donors (Lipinski definition) is 3. The van der Waals surface area contributed by atoms with Crippen LogP contribution in [0.25, 0.3) is 5.57 Å². The van der Waals surface area contributed by atoms with Gasteiger partial charge in [0.15, 0.2) is 5.92 Å². The maximum absolute atomic E-state index is 12.9. The minimum absolute atomic E-state index is 0.200. The number of carbonyl (C=O) groups is 4. The van der Waals surface area contributed by atoms with Crippen LogP contribution in [0.4, 0.5) is 5.13 Å². The molecule has 1 aromatic carbocycles. The van der Waals surface area contributed by atoms with E-state index in [9.17, 15) is 29.4 Å². The Morgan fingerprint density at radius 1 is 1.18 bits per heavy atom. The first-order valence-corrected chi connectivity index (χ1v) is 11.6. The normalized spacial score (nSPS) is 20.5. The molecule has 4 rings (SSSR count). The molecule has 0 spiro atoms. The number of rotatable bonds is 7. The van der Waals surface area contributed by atoms with E-state index in [0.717, 1.165) is 4.90 Å². The van der Waals surface area contributed by atoms with Crippen molar-refractivity contribution in [2.45, 2.75) is 17.3 Å². The molecule has 2 amide bonds. The Morgan fingerprint density at radius 2 is 1.88 bits per heavy atom. The van der Waals surface area contributed by atoms with Crippen molar-refractivity contribution in [2.24, 2.45) is 0 Å². The summed E-state index contributed by atoms with van der Waals surface area (Å²) in [7, 11) is 3.57. The Morgan fingerprint density at radius 3 is 2.45 bits per heavy atom. The maximum atomic E-state index is 12.9. The average molecular weight is 490 g/mol. The summed E-state index contributed by atoms with van der Waals surface area (Å²) in [4.78, 5) is 52.3. The van der Waals surface area contributed by atoms with Gasteiger partial charge in [0.2, 0.25) is 11.0 Å². The van der Waals surface area contributed by atoms with E-state index in [1.165, 1.54) is 35.2 Å². The summed E-state index contributed by atoms with van der Waals surface area (Å²) in [5, 5.41) is 30.3. The zero-order valence-electron chi connectivity index (χ0n) is 17.5. The van der Waals surface area contributed by atoms with Crippen molar-refractivity contribution >= 4 is 57.6 Å². The third-order valence-electron chi connectivity index (χ3n) is 5.17. The molecule has 3 atom stereocenters. The fourth-order valence-electron chi connectivity index (χ4n) is 3.59. The molecule has 0 bridgehead atoms. The molecule has 2 aliphatic rings. The van der Waals surface area contributed by atoms with Crippen molar-refractivity contribution < 1.29 is 29.4 Å². The molecule has 1 fully saturated rings. The predicted molar refractivity (Wildman–Crippen MR) is 121 cm³/mol. The lowest BCUT2D eigenvalue weighted by Gasteiger charge is -2.49. The van der Waals surface area contributed by atoms with Crippen LogP contribution in [0.15, 0.2) is 36.0 Å². The summed E-state index contributed by atoms with van der Waals surface area (Å²) in [6, 6.07) is 6.94. The number of hydrogen-bond acceptors (Lipinski definition) is 9. The highest BCUT2D eigenvalue weighted by Gasteiger charge is 2.55. The molecule has 3 heterocycles. The monoisotopic (exact) mass is 489 g/mol. The van der Waals surface area contributed by atoms with Crippen LogP contribution in [-0.4, -0.2) is 80.3 Å². The van der Waals surface area contributed by atoms with E-state index in [0.29, 0.717) is 15.7 Å². The second kappa shape index (κ2) is 8.83. The second-order valence-corrected chi connectivity index (χ2v) is 9.56. The standard InChI is InChI=1S/C20H19N5O6S2/c1-24(2)20-23-22-15(33-20)10-8-32-17-12(16(27)25(17)13(10)19(30)31)21-14(26)11(18(28)29)9-6-4-3-5-7-9/h3-7,11-12,17H,8H2,1-2H3,(H,21,26)(H,28,29)(H,30,31)/t11?,12?,17-/m0/s1. The van der Waals surface area contributed by atoms with Crippen molar-refractivity contribution in [1.29, 1.82) is 0 Å². The molecule has 0 radical (unpaired) electrons. The van der Waals surface area contributed by atoms with E-state index in [1.807, 2.05) is 0 Å². The van der Waals surface area contributed by atoms with Gasteiger partial charge in [-0.3, -0.25) is 19.3 Å². The summed E-state index contributed by atoms with van der Waals surface area (Å²) in [5.41, 5.74) is 0.456. The molecular formula is C20H19N5O6S2. The van der Waals surface area contributed by atoms with Crippen LogP contribution in [0, 0.1) is 0 Å². The van der Waals surface area contributed by atoms with Gasteiger partial charge in [-0.2, -0.15) is 0 Å². The van der Waals surface area contributed by atoms with Crippen molar-refractivity contribution in [2.75, 3.05) is 24.7 Å². The number of carboxylic acid groups (broad SMARTS) is 2. The van der Waals surface area contributed by atoms with Crippen LogP contribution in [-0.2, 0) is 19.2 Å². The highest BCUT2D eigenvalue weighted by Crippen LogP contribution is 2.44. The van der Waals surface area contributed by atoms with Gasteiger partial charge in [-0.1, -0.05) is 41.7 Å². The van der Waals surface area contributed by atoms with Crippen LogP contribution in [0.3, 0.4) is 0 Å². The fourth-order valence-corrected chi connectivity index (χ4v) is 5.84. The quantitative estimate of drug-likeness (QED) is 0.373. The minimum Gasteiger partial charge on any atom is -0.480 e. The molecule has 0 aliphatic carbocycles. The number of carbonyl (C=O) groups excluding carboxylic acids is 2. The first-order valence-electron chi connectivity index (χ1n) is 9.71. The molecular weight excluding hydrogens is 470 g/mol. The Labute approximate surface area is 196 Å². The molecule has 0 saturated carbocycles. The zero-order chi connectivity index (χ0) is 23.9. The number of thioether (sulfide) groups is 1. The SMILES string of the molecule is CN(C)c1nnc(C2=C(C(=O)O)N3C(=O)C(NC(=O)C(C(=O)O)c4ccccc4)[C@@H]3SC2)s1. The molecule has 13 heteroatoms. The van der Waals surface area contributed by atoms with Crippen LogP contribution >= 0.6 is 23.1 Å². The molecule has 2 unspecified atom stereocenters. The highest BCUT2D eigenvalue weighted by molar-refractivity contribution is 8.00. The molecule has 1 saturated heterocycles. The number of amides is 2. The Balaban J connectivity index is 1.57. The molecule has 172 valence electrons. The van der Waals surface area contributed by atoms with Gasteiger partial charge in [0.1, 0.15) is 22.1 Å². The van der Waals surface area contributed by atoms with Crippen molar-refractivity contribution in [3.63, 3.8) is 0 Å². The van der Waals surface area contributed by atoms with E-state index in [2.05, 4.69) is 15.5 Å². The number of nitrogens with one attached hydrogen (secondary N) is 1. The smallest absolute Gasteiger partial charge is 0.353 e. The highest BCUT2D eigenvalue weighted by atomic mass is 32.2. The number of benzene rings is 1. The Bertz CT molecular complexity index is 1160. The minimum atomic E-state index is -1.49. The number of β-lactam (4-membered cyclic amide) rings is 1. The van der Waals surface area contributed by atoms with Gasteiger partial charge in [-0.05, 0) is 5.56 Å². The van der Waals surface area contributed by atoms with Crippen LogP contribution in [0.1, 0.15) is 16.5 Å². The van der Waals surface area contributed by atoms with Gasteiger partial charge >= 0.3 is 11.9 Å². The van der Waals surface area contributed by atoms with Gasteiger partial charge in [0, 0.05) is 25.4 Å². The van der Waals surface area contributed by atoms with Gasteiger partial charge in [-0.15, -0.1) is 22.0 Å². The first-order chi connectivity index (χ1) is 15.7. The number of nitrogens with zero attached hydrogens (tertiary/aromatic N) is 4. The van der Waals surface area contributed by atoms with Crippen molar-refractivity contribution in [3.8, 4) is 0 Å². The molecule has 11 nitrogen and oxygen atoms in total. The number of fused-ring (bicyclic) bond motifs is 1. The zero-order valence-corrected chi connectivity index (χ0v) is 19.1. The number of anilines is 1. The Hall–Kier alpha value is -3.45. The third-order valence-corrected chi connectivity index (χ3v) is 7.60. The average Bonchev–Trinajstić information content (AvgIpc) is 3.27. The summed E-state index contributed by atoms with van der Waals surface area (Å²) >= 11 is 2.48. The van der Waals surface area contributed by atoms with Crippen molar-refractivity contribution in [1.82, 2.24) is 20.4 Å². The summed E-state index contributed by atoms with van der Waals surface area (Å²) in [6.07, 6.45) is 0.